The maximum absolute atomic E-state index is 12.5. The van der Waals surface area contributed by atoms with E-state index in [9.17, 15) is 4.79 Å². The minimum Gasteiger partial charge on any atom is -0.466 e. The Morgan fingerprint density at radius 1 is 1.21 bits per heavy atom. The van der Waals surface area contributed by atoms with Crippen molar-refractivity contribution in [2.75, 3.05) is 0 Å². The highest BCUT2D eigenvalue weighted by Gasteiger charge is 2.18. The Balaban J connectivity index is 2.16. The standard InChI is InChI=1S/C15H12ClNO2/c1-8-5-11(9(2)19-8)15(18)13-7-17-14-4-3-10(16)6-12(13)14/h3-7,17H,1-2H3. The first-order chi connectivity index (χ1) is 9.06. The molecule has 0 aliphatic rings. The maximum atomic E-state index is 12.5. The predicted octanol–water partition coefficient (Wildman–Crippen LogP) is 4.26. The van der Waals surface area contributed by atoms with Crippen LogP contribution in [0.4, 0.5) is 0 Å². The number of nitrogens with one attached hydrogen (secondary N) is 1. The molecule has 3 rings (SSSR count). The summed E-state index contributed by atoms with van der Waals surface area (Å²) < 4.78 is 5.41. The number of hydrogen-bond donors (Lipinski definition) is 1. The van der Waals surface area contributed by atoms with Crippen LogP contribution in [-0.2, 0) is 0 Å². The first kappa shape index (κ1) is 12.1. The van der Waals surface area contributed by atoms with Crippen LogP contribution in [0.3, 0.4) is 0 Å². The molecule has 1 aromatic carbocycles. The van der Waals surface area contributed by atoms with E-state index in [0.29, 0.717) is 21.9 Å². The number of benzene rings is 1. The fourth-order valence-corrected chi connectivity index (χ4v) is 2.45. The molecule has 0 aliphatic carbocycles. The van der Waals surface area contributed by atoms with Crippen LogP contribution in [0.25, 0.3) is 10.9 Å². The van der Waals surface area contributed by atoms with Crippen molar-refractivity contribution >= 4 is 28.3 Å². The largest absolute Gasteiger partial charge is 0.466 e. The number of aryl methyl sites for hydroxylation is 2. The molecule has 4 heteroatoms. The van der Waals surface area contributed by atoms with E-state index in [1.807, 2.05) is 13.0 Å². The Morgan fingerprint density at radius 2 is 2.00 bits per heavy atom. The van der Waals surface area contributed by atoms with Gasteiger partial charge in [-0.25, -0.2) is 0 Å². The molecule has 0 amide bonds. The van der Waals surface area contributed by atoms with Gasteiger partial charge in [0.1, 0.15) is 11.5 Å². The fraction of sp³-hybridized carbons (Fsp3) is 0.133. The number of aromatic nitrogens is 1. The number of halogens is 1. The van der Waals surface area contributed by atoms with Gasteiger partial charge in [-0.15, -0.1) is 0 Å². The molecule has 0 aliphatic heterocycles. The highest BCUT2D eigenvalue weighted by Crippen LogP contribution is 2.26. The van der Waals surface area contributed by atoms with Crippen LogP contribution in [0.15, 0.2) is 34.9 Å². The van der Waals surface area contributed by atoms with Gasteiger partial charge in [0.2, 0.25) is 0 Å². The zero-order valence-corrected chi connectivity index (χ0v) is 11.3. The lowest BCUT2D eigenvalue weighted by atomic mass is 10.0. The highest BCUT2D eigenvalue weighted by atomic mass is 35.5. The summed E-state index contributed by atoms with van der Waals surface area (Å²) in [6, 6.07) is 7.22. The summed E-state index contributed by atoms with van der Waals surface area (Å²) in [5, 5.41) is 1.44. The van der Waals surface area contributed by atoms with Crippen LogP contribution >= 0.6 is 11.6 Å². The number of carbonyl (C=O) groups is 1. The van der Waals surface area contributed by atoms with Crippen LogP contribution in [0, 0.1) is 13.8 Å². The molecule has 0 spiro atoms. The minimum atomic E-state index is -0.0529. The van der Waals surface area contributed by atoms with E-state index in [2.05, 4.69) is 4.98 Å². The Bertz CT molecular complexity index is 783. The lowest BCUT2D eigenvalue weighted by Crippen LogP contribution is -2.00. The second-order valence-corrected chi connectivity index (χ2v) is 4.98. The Kier molecular flexibility index (Phi) is 2.72. The predicted molar refractivity (Wildman–Crippen MR) is 74.9 cm³/mol. The molecule has 0 radical (unpaired) electrons. The van der Waals surface area contributed by atoms with Gasteiger partial charge in [0.25, 0.3) is 0 Å². The van der Waals surface area contributed by atoms with Crippen molar-refractivity contribution in [3.63, 3.8) is 0 Å². The SMILES string of the molecule is Cc1cc(C(=O)c2c[nH]c3ccc(Cl)cc23)c(C)o1. The van der Waals surface area contributed by atoms with Crippen molar-refractivity contribution in [1.29, 1.82) is 0 Å². The molecule has 0 atom stereocenters. The smallest absolute Gasteiger partial charge is 0.198 e. The summed E-state index contributed by atoms with van der Waals surface area (Å²) in [4.78, 5) is 15.6. The van der Waals surface area contributed by atoms with Crippen molar-refractivity contribution in [3.05, 3.63) is 58.1 Å². The van der Waals surface area contributed by atoms with Gasteiger partial charge in [0, 0.05) is 27.7 Å². The molecule has 96 valence electrons. The Morgan fingerprint density at radius 3 is 2.68 bits per heavy atom. The quantitative estimate of drug-likeness (QED) is 0.709. The molecule has 3 nitrogen and oxygen atoms in total. The molecule has 0 bridgehead atoms. The van der Waals surface area contributed by atoms with Crippen LogP contribution in [0.5, 0.6) is 0 Å². The molecule has 0 unspecified atom stereocenters. The summed E-state index contributed by atoms with van der Waals surface area (Å²) in [6.07, 6.45) is 1.71. The molecule has 0 saturated heterocycles. The van der Waals surface area contributed by atoms with Crippen LogP contribution in [0.2, 0.25) is 5.02 Å². The molecular weight excluding hydrogens is 262 g/mol. The average molecular weight is 274 g/mol. The summed E-state index contributed by atoms with van der Waals surface area (Å²) in [5.41, 5.74) is 2.10. The topological polar surface area (TPSA) is 46.0 Å². The Labute approximate surface area is 115 Å². The second-order valence-electron chi connectivity index (χ2n) is 4.55. The molecule has 19 heavy (non-hydrogen) atoms. The first-order valence-corrected chi connectivity index (χ1v) is 6.32. The summed E-state index contributed by atoms with van der Waals surface area (Å²) >= 11 is 5.99. The van der Waals surface area contributed by atoms with E-state index in [-0.39, 0.29) is 5.78 Å². The van der Waals surface area contributed by atoms with Gasteiger partial charge in [-0.3, -0.25) is 4.79 Å². The van der Waals surface area contributed by atoms with Crippen molar-refractivity contribution < 1.29 is 9.21 Å². The van der Waals surface area contributed by atoms with Gasteiger partial charge in [0.15, 0.2) is 5.78 Å². The number of fused-ring (bicyclic) bond motifs is 1. The zero-order valence-electron chi connectivity index (χ0n) is 10.6. The van der Waals surface area contributed by atoms with Gasteiger partial charge in [-0.1, -0.05) is 11.6 Å². The highest BCUT2D eigenvalue weighted by molar-refractivity contribution is 6.31. The average Bonchev–Trinajstić information content (AvgIpc) is 2.91. The summed E-state index contributed by atoms with van der Waals surface area (Å²) in [6.45, 7) is 3.62. The van der Waals surface area contributed by atoms with E-state index in [1.165, 1.54) is 0 Å². The van der Waals surface area contributed by atoms with Crippen molar-refractivity contribution in [3.8, 4) is 0 Å². The number of hydrogen-bond acceptors (Lipinski definition) is 2. The third-order valence-corrected chi connectivity index (χ3v) is 3.41. The number of furan rings is 1. The van der Waals surface area contributed by atoms with E-state index < -0.39 is 0 Å². The number of carbonyl (C=O) groups excluding carboxylic acids is 1. The van der Waals surface area contributed by atoms with E-state index in [0.717, 1.165) is 16.7 Å². The van der Waals surface area contributed by atoms with Gasteiger partial charge in [-0.2, -0.15) is 0 Å². The van der Waals surface area contributed by atoms with E-state index in [1.54, 1.807) is 31.3 Å². The molecule has 2 aromatic heterocycles. The third kappa shape index (κ3) is 1.96. The van der Waals surface area contributed by atoms with Gasteiger partial charge < -0.3 is 9.40 Å². The second kappa shape index (κ2) is 4.28. The molecule has 0 saturated carbocycles. The molecular formula is C15H12ClNO2. The number of H-pyrrole nitrogens is 1. The summed E-state index contributed by atoms with van der Waals surface area (Å²) in [7, 11) is 0. The van der Waals surface area contributed by atoms with Crippen molar-refractivity contribution in [2.45, 2.75) is 13.8 Å². The maximum Gasteiger partial charge on any atom is 0.198 e. The molecule has 2 heterocycles. The van der Waals surface area contributed by atoms with E-state index >= 15 is 0 Å². The molecule has 1 N–H and O–H groups in total. The molecule has 3 aromatic rings. The summed E-state index contributed by atoms with van der Waals surface area (Å²) in [5.74, 6) is 1.32. The first-order valence-electron chi connectivity index (χ1n) is 5.94. The number of aromatic amines is 1. The van der Waals surface area contributed by atoms with Crippen LogP contribution in [-0.4, -0.2) is 10.8 Å². The zero-order chi connectivity index (χ0) is 13.6. The van der Waals surface area contributed by atoms with E-state index in [4.69, 9.17) is 16.0 Å². The lowest BCUT2D eigenvalue weighted by Gasteiger charge is -1.98. The number of ketones is 1. The van der Waals surface area contributed by atoms with Crippen molar-refractivity contribution in [2.24, 2.45) is 0 Å². The monoisotopic (exact) mass is 273 g/mol. The van der Waals surface area contributed by atoms with Crippen LogP contribution in [0.1, 0.15) is 27.4 Å². The lowest BCUT2D eigenvalue weighted by molar-refractivity contribution is 0.103. The molecule has 0 fully saturated rings. The van der Waals surface area contributed by atoms with Gasteiger partial charge in [-0.05, 0) is 38.1 Å². The van der Waals surface area contributed by atoms with Gasteiger partial charge in [0.05, 0.1) is 5.56 Å². The van der Waals surface area contributed by atoms with Crippen LogP contribution < -0.4 is 0 Å². The number of rotatable bonds is 2. The normalized spacial score (nSPS) is 11.1. The third-order valence-electron chi connectivity index (χ3n) is 3.17. The fourth-order valence-electron chi connectivity index (χ4n) is 2.28. The van der Waals surface area contributed by atoms with Gasteiger partial charge >= 0.3 is 0 Å². The minimum absolute atomic E-state index is 0.0529. The Hall–Kier alpha value is -2.00. The van der Waals surface area contributed by atoms with Crippen molar-refractivity contribution in [1.82, 2.24) is 4.98 Å².